The van der Waals surface area contributed by atoms with E-state index in [0.29, 0.717) is 23.6 Å². The fourth-order valence-corrected chi connectivity index (χ4v) is 3.89. The van der Waals surface area contributed by atoms with Crippen LogP contribution < -0.4 is 10.6 Å². The molecule has 1 aromatic carbocycles. The van der Waals surface area contributed by atoms with Crippen molar-refractivity contribution in [3.05, 3.63) is 35.9 Å². The first kappa shape index (κ1) is 29.0. The maximum absolute atomic E-state index is 13.2. The summed E-state index contributed by atoms with van der Waals surface area (Å²) in [7, 11) is 1.91. The van der Waals surface area contributed by atoms with Crippen molar-refractivity contribution in [3.8, 4) is 0 Å². The number of carbonyl (C=O) groups is 2. The van der Waals surface area contributed by atoms with Crippen molar-refractivity contribution in [2.75, 3.05) is 32.5 Å². The fraction of sp³-hybridized carbons (Fsp3) is 0.652. The van der Waals surface area contributed by atoms with Crippen molar-refractivity contribution >= 4 is 41.4 Å². The van der Waals surface area contributed by atoms with Gasteiger partial charge in [0, 0.05) is 0 Å². The van der Waals surface area contributed by atoms with Gasteiger partial charge < -0.3 is 5.11 Å². The number of thiol groups is 1. The zero-order valence-corrected chi connectivity index (χ0v) is 22.7. The number of rotatable bonds is 16. The number of aliphatic hydroxyl groups is 1. The number of aliphatic hydroxyl groups excluding tert-OH is 1. The second kappa shape index (κ2) is 15.7. The number of carboxylic acid groups (broad SMARTS) is 1. The van der Waals surface area contributed by atoms with E-state index in [4.69, 9.17) is 0 Å². The van der Waals surface area contributed by atoms with Gasteiger partial charge in [0.2, 0.25) is 0 Å². The third-order valence-corrected chi connectivity index (χ3v) is 8.12. The van der Waals surface area contributed by atoms with Crippen molar-refractivity contribution in [2.24, 2.45) is 5.92 Å². The number of hydrogen-bond acceptors (Lipinski definition) is 6. The SMILES string of the molecule is CC[C@H](C)[C@@H](CN(C)[C@@H](Cc1ccccc1)C(=O)N[C@@H](CCO)C(=O)O)NC[C@@H]([AsH2])CS. The van der Waals surface area contributed by atoms with Crippen LogP contribution in [0.3, 0.4) is 0 Å². The Labute approximate surface area is 206 Å². The molecule has 1 rings (SSSR count). The van der Waals surface area contributed by atoms with E-state index in [1.807, 2.05) is 42.3 Å². The van der Waals surface area contributed by atoms with Gasteiger partial charge in [0.15, 0.2) is 0 Å². The molecule has 0 heterocycles. The predicted octanol–water partition coefficient (Wildman–Crippen LogP) is 0.837. The molecule has 1 amide bonds. The summed E-state index contributed by atoms with van der Waals surface area (Å²) in [6.07, 6.45) is 1.46. The standard InChI is InChI=1S/C23H40AsN3O4S/c1-4-16(2)20(25-13-18(24)15-32)14-27(3)21(12-17-8-6-5-7-9-17)22(29)26-19(10-11-28)23(30)31/h5-9,16,18-21,25,28,32H,4,10-15,24H2,1-3H3,(H,26,29)(H,30,31)/t16-,18+,19-,20+,21-/m0/s1. The van der Waals surface area contributed by atoms with E-state index in [1.165, 1.54) is 0 Å². The van der Waals surface area contributed by atoms with E-state index in [-0.39, 0.29) is 25.0 Å². The summed E-state index contributed by atoms with van der Waals surface area (Å²) in [5, 5.41) is 24.9. The van der Waals surface area contributed by atoms with Crippen molar-refractivity contribution in [3.63, 3.8) is 0 Å². The molecular formula is C23H40AsN3O4S. The molecule has 32 heavy (non-hydrogen) atoms. The maximum atomic E-state index is 13.2. The first-order chi connectivity index (χ1) is 15.2. The average molecular weight is 530 g/mol. The predicted molar refractivity (Wildman–Crippen MR) is 135 cm³/mol. The Morgan fingerprint density at radius 3 is 2.44 bits per heavy atom. The Bertz CT molecular complexity index is 682. The summed E-state index contributed by atoms with van der Waals surface area (Å²) in [6, 6.07) is 8.28. The topological polar surface area (TPSA) is 102 Å². The van der Waals surface area contributed by atoms with E-state index in [0.717, 1.165) is 24.3 Å². The van der Waals surface area contributed by atoms with Gasteiger partial charge in [-0.15, -0.1) is 0 Å². The van der Waals surface area contributed by atoms with E-state index >= 15 is 0 Å². The molecule has 0 aliphatic rings. The minimum atomic E-state index is -1.14. The van der Waals surface area contributed by atoms with Crippen LogP contribution in [0, 0.1) is 5.92 Å². The molecule has 0 fully saturated rings. The van der Waals surface area contributed by atoms with E-state index < -0.39 is 18.1 Å². The molecule has 0 aliphatic carbocycles. The van der Waals surface area contributed by atoms with Crippen LogP contribution in [-0.2, 0) is 16.0 Å². The molecule has 0 aliphatic heterocycles. The monoisotopic (exact) mass is 529 g/mol. The van der Waals surface area contributed by atoms with Gasteiger partial charge >= 0.3 is 202 Å². The number of carboxylic acids is 1. The molecule has 0 bridgehead atoms. The molecule has 1 unspecified atom stereocenters. The Hall–Kier alpha value is -1.05. The zero-order chi connectivity index (χ0) is 24.1. The normalized spacial score (nSPS) is 16.2. The molecule has 0 saturated carbocycles. The Balaban J connectivity index is 3.04. The number of amides is 1. The third kappa shape index (κ3) is 10.3. The molecule has 7 nitrogen and oxygen atoms in total. The molecule has 0 radical (unpaired) electrons. The van der Waals surface area contributed by atoms with Gasteiger partial charge in [-0.2, -0.15) is 0 Å². The Morgan fingerprint density at radius 1 is 1.25 bits per heavy atom. The fourth-order valence-electron chi connectivity index (χ4n) is 3.48. The molecule has 0 aromatic heterocycles. The van der Waals surface area contributed by atoms with Gasteiger partial charge in [-0.25, -0.2) is 0 Å². The van der Waals surface area contributed by atoms with Crippen molar-refractivity contribution in [2.45, 2.75) is 55.9 Å². The van der Waals surface area contributed by atoms with Gasteiger partial charge in [-0.3, -0.25) is 0 Å². The van der Waals surface area contributed by atoms with Crippen LogP contribution in [0.4, 0.5) is 0 Å². The first-order valence-corrected chi connectivity index (χ1v) is 13.2. The van der Waals surface area contributed by atoms with E-state index in [1.54, 1.807) is 16.9 Å². The number of nitrogens with one attached hydrogen (secondary N) is 2. The molecule has 182 valence electrons. The molecule has 9 heteroatoms. The first-order valence-electron chi connectivity index (χ1n) is 11.2. The van der Waals surface area contributed by atoms with Crippen molar-refractivity contribution < 1.29 is 19.8 Å². The van der Waals surface area contributed by atoms with Crippen molar-refractivity contribution in [1.82, 2.24) is 15.5 Å². The number of hydrogen-bond donors (Lipinski definition) is 5. The summed E-state index contributed by atoms with van der Waals surface area (Å²) in [5.41, 5.74) is 1.01. The number of carbonyl (C=O) groups excluding carboxylic acids is 1. The summed E-state index contributed by atoms with van der Waals surface area (Å²) in [5.74, 6) is -0.239. The summed E-state index contributed by atoms with van der Waals surface area (Å²) in [4.78, 5) is 26.7. The number of aliphatic carboxylic acids is 1. The Kier molecular flexibility index (Phi) is 14.2. The van der Waals surface area contributed by atoms with Crippen LogP contribution in [0.1, 0.15) is 32.3 Å². The van der Waals surface area contributed by atoms with Gasteiger partial charge in [0.05, 0.1) is 0 Å². The number of likely N-dealkylation sites (N-methyl/N-ethyl adjacent to an activating group) is 1. The summed E-state index contributed by atoms with van der Waals surface area (Å²) >= 11 is 6.05. The van der Waals surface area contributed by atoms with Crippen LogP contribution in [-0.4, -0.2) is 94.5 Å². The van der Waals surface area contributed by atoms with Gasteiger partial charge in [0.25, 0.3) is 0 Å². The molecule has 1 aromatic rings. The molecule has 0 spiro atoms. The van der Waals surface area contributed by atoms with E-state index in [2.05, 4.69) is 37.1 Å². The summed E-state index contributed by atoms with van der Waals surface area (Å²) in [6.45, 7) is 5.59. The average Bonchev–Trinajstić information content (AvgIpc) is 2.79. The van der Waals surface area contributed by atoms with Gasteiger partial charge in [0.1, 0.15) is 0 Å². The Morgan fingerprint density at radius 2 is 1.91 bits per heavy atom. The minimum absolute atomic E-state index is 0.0245. The molecule has 4 N–H and O–H groups in total. The molecule has 6 atom stereocenters. The van der Waals surface area contributed by atoms with Crippen LogP contribution in [0.25, 0.3) is 0 Å². The van der Waals surface area contributed by atoms with Crippen LogP contribution >= 0.6 is 12.6 Å². The van der Waals surface area contributed by atoms with E-state index in [9.17, 15) is 19.8 Å². The number of benzene rings is 1. The van der Waals surface area contributed by atoms with Gasteiger partial charge in [-0.1, -0.05) is 0 Å². The van der Waals surface area contributed by atoms with Crippen LogP contribution in [0.15, 0.2) is 30.3 Å². The summed E-state index contributed by atoms with van der Waals surface area (Å²) < 4.78 is 0.501. The van der Waals surface area contributed by atoms with Gasteiger partial charge in [-0.05, 0) is 0 Å². The second-order valence-corrected chi connectivity index (χ2v) is 10.7. The third-order valence-electron chi connectivity index (χ3n) is 5.83. The van der Waals surface area contributed by atoms with Crippen LogP contribution in [0.5, 0.6) is 0 Å². The second-order valence-electron chi connectivity index (χ2n) is 8.40. The van der Waals surface area contributed by atoms with Crippen molar-refractivity contribution in [1.29, 1.82) is 0 Å². The number of nitrogens with zero attached hydrogens (tertiary/aromatic N) is 1. The quantitative estimate of drug-likeness (QED) is 0.161. The van der Waals surface area contributed by atoms with Crippen LogP contribution in [0.2, 0.25) is 4.71 Å². The zero-order valence-electron chi connectivity index (χ0n) is 19.4. The molecule has 0 saturated heterocycles. The molecular weight excluding hydrogens is 489 g/mol.